The SMILES string of the molecule is CCC(C)n1ccc(CC(N)c2ccc3c(c2)COC3)n1. The second-order valence-electron chi connectivity index (χ2n) is 5.88. The van der Waals surface area contributed by atoms with E-state index in [0.717, 1.165) is 30.7 Å². The van der Waals surface area contributed by atoms with Crippen molar-refractivity contribution in [1.29, 1.82) is 0 Å². The fraction of sp³-hybridized carbons (Fsp3) is 0.471. The summed E-state index contributed by atoms with van der Waals surface area (Å²) in [7, 11) is 0. The summed E-state index contributed by atoms with van der Waals surface area (Å²) < 4.78 is 7.48. The molecule has 3 rings (SSSR count). The molecule has 0 radical (unpaired) electrons. The zero-order valence-electron chi connectivity index (χ0n) is 12.7. The van der Waals surface area contributed by atoms with Gasteiger partial charge in [0.1, 0.15) is 0 Å². The van der Waals surface area contributed by atoms with Gasteiger partial charge in [-0.05, 0) is 36.1 Å². The van der Waals surface area contributed by atoms with Gasteiger partial charge in [0, 0.05) is 24.7 Å². The van der Waals surface area contributed by atoms with Crippen LogP contribution in [0.4, 0.5) is 0 Å². The van der Waals surface area contributed by atoms with Gasteiger partial charge in [-0.2, -0.15) is 5.10 Å². The van der Waals surface area contributed by atoms with E-state index in [-0.39, 0.29) is 6.04 Å². The molecule has 4 heteroatoms. The van der Waals surface area contributed by atoms with Gasteiger partial charge in [0.2, 0.25) is 0 Å². The van der Waals surface area contributed by atoms with Crippen LogP contribution in [0.1, 0.15) is 54.7 Å². The van der Waals surface area contributed by atoms with Crippen LogP contribution in [0.5, 0.6) is 0 Å². The molecular formula is C17H23N3O. The predicted octanol–water partition coefficient (Wildman–Crippen LogP) is 3.13. The van der Waals surface area contributed by atoms with E-state index in [2.05, 4.69) is 43.2 Å². The van der Waals surface area contributed by atoms with Gasteiger partial charge >= 0.3 is 0 Å². The van der Waals surface area contributed by atoms with Crippen LogP contribution in [0.25, 0.3) is 0 Å². The number of hydrogen-bond donors (Lipinski definition) is 1. The molecule has 2 heterocycles. The maximum atomic E-state index is 6.35. The van der Waals surface area contributed by atoms with Gasteiger partial charge < -0.3 is 10.5 Å². The Hall–Kier alpha value is -1.65. The van der Waals surface area contributed by atoms with E-state index in [1.54, 1.807) is 0 Å². The van der Waals surface area contributed by atoms with E-state index in [1.165, 1.54) is 11.1 Å². The van der Waals surface area contributed by atoms with E-state index in [1.807, 2.05) is 10.9 Å². The number of benzene rings is 1. The highest BCUT2D eigenvalue weighted by Gasteiger charge is 2.15. The number of rotatable bonds is 5. The van der Waals surface area contributed by atoms with Crippen molar-refractivity contribution >= 4 is 0 Å². The Morgan fingerprint density at radius 2 is 2.10 bits per heavy atom. The van der Waals surface area contributed by atoms with Crippen molar-refractivity contribution in [2.75, 3.05) is 0 Å². The molecule has 0 amide bonds. The maximum absolute atomic E-state index is 6.35. The summed E-state index contributed by atoms with van der Waals surface area (Å²) in [6.45, 7) is 5.78. The van der Waals surface area contributed by atoms with Gasteiger partial charge in [-0.15, -0.1) is 0 Å². The first-order valence-corrected chi connectivity index (χ1v) is 7.66. The lowest BCUT2D eigenvalue weighted by Gasteiger charge is -2.12. The molecule has 1 aliphatic heterocycles. The largest absolute Gasteiger partial charge is 0.372 e. The molecular weight excluding hydrogens is 262 g/mol. The smallest absolute Gasteiger partial charge is 0.0725 e. The molecule has 1 aromatic carbocycles. The predicted molar refractivity (Wildman–Crippen MR) is 82.8 cm³/mol. The molecule has 2 N–H and O–H groups in total. The first-order valence-electron chi connectivity index (χ1n) is 7.66. The summed E-state index contributed by atoms with van der Waals surface area (Å²) in [6.07, 6.45) is 3.90. The molecule has 0 aliphatic carbocycles. The van der Waals surface area contributed by atoms with E-state index >= 15 is 0 Å². The van der Waals surface area contributed by atoms with Crippen molar-refractivity contribution in [3.8, 4) is 0 Å². The van der Waals surface area contributed by atoms with Gasteiger partial charge in [0.05, 0.1) is 18.9 Å². The standard InChI is InChI=1S/C17H23N3O/c1-3-12(2)20-7-6-16(19-20)9-17(18)13-4-5-14-10-21-11-15(14)8-13/h4-8,12,17H,3,9-11,18H2,1-2H3. The highest BCUT2D eigenvalue weighted by molar-refractivity contribution is 5.34. The Kier molecular flexibility index (Phi) is 4.08. The summed E-state index contributed by atoms with van der Waals surface area (Å²) in [5.41, 5.74) is 11.1. The molecule has 1 aliphatic rings. The Balaban J connectivity index is 1.71. The average Bonchev–Trinajstić information content (AvgIpc) is 3.14. The van der Waals surface area contributed by atoms with E-state index < -0.39 is 0 Å². The average molecular weight is 285 g/mol. The van der Waals surface area contributed by atoms with E-state index in [0.29, 0.717) is 12.6 Å². The normalized spacial score (nSPS) is 16.7. The minimum atomic E-state index is -0.0174. The molecule has 0 bridgehead atoms. The highest BCUT2D eigenvalue weighted by Crippen LogP contribution is 2.24. The van der Waals surface area contributed by atoms with Crippen molar-refractivity contribution < 1.29 is 4.74 Å². The van der Waals surface area contributed by atoms with Crippen molar-refractivity contribution in [2.24, 2.45) is 5.73 Å². The van der Waals surface area contributed by atoms with Crippen molar-refractivity contribution in [1.82, 2.24) is 9.78 Å². The summed E-state index contributed by atoms with van der Waals surface area (Å²) in [5, 5.41) is 4.63. The zero-order chi connectivity index (χ0) is 14.8. The van der Waals surface area contributed by atoms with E-state index in [9.17, 15) is 0 Å². The summed E-state index contributed by atoms with van der Waals surface area (Å²) in [5.74, 6) is 0. The summed E-state index contributed by atoms with van der Waals surface area (Å²) >= 11 is 0. The Bertz CT molecular complexity index is 620. The topological polar surface area (TPSA) is 53.1 Å². The van der Waals surface area contributed by atoms with Crippen LogP contribution in [-0.4, -0.2) is 9.78 Å². The van der Waals surface area contributed by atoms with Crippen LogP contribution in [0.15, 0.2) is 30.5 Å². The maximum Gasteiger partial charge on any atom is 0.0725 e. The number of nitrogens with two attached hydrogens (primary N) is 1. The second-order valence-corrected chi connectivity index (χ2v) is 5.88. The first kappa shape index (κ1) is 14.3. The number of aromatic nitrogens is 2. The fourth-order valence-corrected chi connectivity index (χ4v) is 2.68. The lowest BCUT2D eigenvalue weighted by molar-refractivity contribution is 0.134. The number of nitrogens with zero attached hydrogens (tertiary/aromatic N) is 2. The molecule has 0 saturated carbocycles. The van der Waals surface area contributed by atoms with Gasteiger partial charge in [0.25, 0.3) is 0 Å². The van der Waals surface area contributed by atoms with Crippen molar-refractivity contribution in [3.05, 3.63) is 52.8 Å². The Morgan fingerprint density at radius 3 is 2.90 bits per heavy atom. The minimum absolute atomic E-state index is 0.0174. The van der Waals surface area contributed by atoms with Crippen LogP contribution in [0.2, 0.25) is 0 Å². The van der Waals surface area contributed by atoms with E-state index in [4.69, 9.17) is 10.5 Å². The molecule has 2 unspecified atom stereocenters. The molecule has 0 spiro atoms. The third-order valence-electron chi connectivity index (χ3n) is 4.31. The lowest BCUT2D eigenvalue weighted by atomic mass is 9.99. The number of ether oxygens (including phenoxy) is 1. The molecule has 1 aromatic heterocycles. The Labute approximate surface area is 125 Å². The lowest BCUT2D eigenvalue weighted by Crippen LogP contribution is -2.14. The highest BCUT2D eigenvalue weighted by atomic mass is 16.5. The Morgan fingerprint density at radius 1 is 1.29 bits per heavy atom. The van der Waals surface area contributed by atoms with Crippen LogP contribution < -0.4 is 5.73 Å². The van der Waals surface area contributed by atoms with Crippen LogP contribution >= 0.6 is 0 Å². The van der Waals surface area contributed by atoms with Gasteiger partial charge in [-0.25, -0.2) is 0 Å². The third-order valence-corrected chi connectivity index (χ3v) is 4.31. The van der Waals surface area contributed by atoms with Crippen molar-refractivity contribution in [3.63, 3.8) is 0 Å². The fourth-order valence-electron chi connectivity index (χ4n) is 2.68. The molecule has 0 saturated heterocycles. The van der Waals surface area contributed by atoms with Crippen molar-refractivity contribution in [2.45, 2.75) is 52.0 Å². The number of hydrogen-bond acceptors (Lipinski definition) is 3. The monoisotopic (exact) mass is 285 g/mol. The van der Waals surface area contributed by atoms with Crippen LogP contribution in [0, 0.1) is 0 Å². The summed E-state index contributed by atoms with van der Waals surface area (Å²) in [4.78, 5) is 0. The quantitative estimate of drug-likeness (QED) is 0.918. The second kappa shape index (κ2) is 6.00. The number of fused-ring (bicyclic) bond motifs is 1. The first-order chi connectivity index (χ1) is 10.2. The molecule has 2 atom stereocenters. The zero-order valence-corrected chi connectivity index (χ0v) is 12.7. The molecule has 0 fully saturated rings. The van der Waals surface area contributed by atoms with Gasteiger partial charge in [-0.3, -0.25) is 4.68 Å². The summed E-state index contributed by atoms with van der Waals surface area (Å²) in [6, 6.07) is 8.92. The molecule has 4 nitrogen and oxygen atoms in total. The third kappa shape index (κ3) is 3.01. The molecule has 21 heavy (non-hydrogen) atoms. The van der Waals surface area contributed by atoms with Gasteiger partial charge in [0.15, 0.2) is 0 Å². The molecule has 2 aromatic rings. The minimum Gasteiger partial charge on any atom is -0.372 e. The van der Waals surface area contributed by atoms with Crippen LogP contribution in [0.3, 0.4) is 0 Å². The molecule has 112 valence electrons. The van der Waals surface area contributed by atoms with Crippen LogP contribution in [-0.2, 0) is 24.4 Å². The van der Waals surface area contributed by atoms with Gasteiger partial charge in [-0.1, -0.05) is 25.1 Å².